The van der Waals surface area contributed by atoms with Gasteiger partial charge in [0.2, 0.25) is 0 Å². The Kier molecular flexibility index (Phi) is 5.19. The third kappa shape index (κ3) is 4.14. The number of carbonyl (C=O) groups is 1. The van der Waals surface area contributed by atoms with E-state index in [0.29, 0.717) is 11.3 Å². The minimum atomic E-state index is -0.0378. The maximum Gasteiger partial charge on any atom is 0.251 e. The molecule has 0 saturated carbocycles. The topological polar surface area (TPSA) is 55.1 Å². The smallest absolute Gasteiger partial charge is 0.251 e. The van der Waals surface area contributed by atoms with Crippen LogP contribution < -0.4 is 11.1 Å². The lowest BCUT2D eigenvalue weighted by molar-refractivity contribution is 0.0944. The van der Waals surface area contributed by atoms with E-state index in [2.05, 4.69) is 12.2 Å². The summed E-state index contributed by atoms with van der Waals surface area (Å²) in [6, 6.07) is 7.14. The molecule has 0 saturated heterocycles. The summed E-state index contributed by atoms with van der Waals surface area (Å²) in [6.07, 6.45) is 0. The number of hydrogen-bond donors (Lipinski definition) is 2. The molecule has 1 amide bonds. The number of hydrogen-bond acceptors (Lipinski definition) is 3. The molecule has 0 aliphatic carbocycles. The number of anilines is 1. The highest BCUT2D eigenvalue weighted by Crippen LogP contribution is 2.06. The second-order valence-electron chi connectivity index (χ2n) is 3.66. The third-order valence-electron chi connectivity index (χ3n) is 2.12. The zero-order valence-electron chi connectivity index (χ0n) is 9.69. The van der Waals surface area contributed by atoms with Crippen molar-refractivity contribution in [3.8, 4) is 0 Å². The van der Waals surface area contributed by atoms with Gasteiger partial charge in [0, 0.05) is 23.0 Å². The van der Waals surface area contributed by atoms with Gasteiger partial charge in [-0.15, -0.1) is 0 Å². The first-order valence-electron chi connectivity index (χ1n) is 5.37. The van der Waals surface area contributed by atoms with Crippen molar-refractivity contribution in [3.63, 3.8) is 0 Å². The van der Waals surface area contributed by atoms with Crippen LogP contribution in [0.5, 0.6) is 0 Å². The number of carbonyl (C=O) groups excluding carboxylic acids is 1. The second kappa shape index (κ2) is 6.43. The van der Waals surface area contributed by atoms with Crippen molar-refractivity contribution in [2.24, 2.45) is 0 Å². The molecule has 1 aromatic rings. The van der Waals surface area contributed by atoms with E-state index in [-0.39, 0.29) is 11.9 Å². The van der Waals surface area contributed by atoms with Crippen molar-refractivity contribution in [3.05, 3.63) is 29.8 Å². The van der Waals surface area contributed by atoms with Crippen LogP contribution in [0.1, 0.15) is 24.2 Å². The predicted octanol–water partition coefficient (Wildman–Crippen LogP) is 2.14. The minimum Gasteiger partial charge on any atom is -0.399 e. The van der Waals surface area contributed by atoms with E-state index in [1.807, 2.05) is 18.7 Å². The van der Waals surface area contributed by atoms with Gasteiger partial charge in [0.05, 0.1) is 0 Å². The van der Waals surface area contributed by atoms with Gasteiger partial charge in [-0.2, -0.15) is 11.8 Å². The first-order valence-corrected chi connectivity index (χ1v) is 6.53. The van der Waals surface area contributed by atoms with E-state index >= 15 is 0 Å². The van der Waals surface area contributed by atoms with Crippen LogP contribution in [0.3, 0.4) is 0 Å². The number of nitrogens with one attached hydrogen (secondary N) is 1. The summed E-state index contributed by atoms with van der Waals surface area (Å²) in [6.45, 7) is 4.12. The molecule has 0 aromatic heterocycles. The molecule has 1 atom stereocenters. The Hall–Kier alpha value is -1.16. The van der Waals surface area contributed by atoms with Gasteiger partial charge in [-0.1, -0.05) is 6.92 Å². The molecule has 1 unspecified atom stereocenters. The Labute approximate surface area is 101 Å². The summed E-state index contributed by atoms with van der Waals surface area (Å²) in [5.41, 5.74) is 6.89. The molecule has 16 heavy (non-hydrogen) atoms. The summed E-state index contributed by atoms with van der Waals surface area (Å²) < 4.78 is 0. The van der Waals surface area contributed by atoms with Gasteiger partial charge in [0.15, 0.2) is 0 Å². The molecule has 0 bridgehead atoms. The summed E-state index contributed by atoms with van der Waals surface area (Å²) in [5.74, 6) is 1.98. The molecular weight excluding hydrogens is 220 g/mol. The van der Waals surface area contributed by atoms with Gasteiger partial charge in [-0.25, -0.2) is 0 Å². The van der Waals surface area contributed by atoms with Gasteiger partial charge in [-0.3, -0.25) is 4.79 Å². The normalized spacial score (nSPS) is 12.1. The zero-order chi connectivity index (χ0) is 12.0. The summed E-state index contributed by atoms with van der Waals surface area (Å²) in [4.78, 5) is 11.8. The van der Waals surface area contributed by atoms with Gasteiger partial charge in [-0.05, 0) is 36.9 Å². The van der Waals surface area contributed by atoms with Crippen LogP contribution in [-0.2, 0) is 0 Å². The maximum atomic E-state index is 11.8. The number of benzene rings is 1. The van der Waals surface area contributed by atoms with E-state index in [0.717, 1.165) is 11.5 Å². The number of thioether (sulfide) groups is 1. The Balaban J connectivity index is 2.48. The molecular formula is C12H18N2OS. The molecule has 0 aliphatic rings. The predicted molar refractivity (Wildman–Crippen MR) is 70.8 cm³/mol. The van der Waals surface area contributed by atoms with E-state index in [1.165, 1.54) is 0 Å². The zero-order valence-corrected chi connectivity index (χ0v) is 10.5. The lowest BCUT2D eigenvalue weighted by atomic mass is 10.2. The number of nitrogen functional groups attached to an aromatic ring is 1. The fraction of sp³-hybridized carbons (Fsp3) is 0.417. The Morgan fingerprint density at radius 3 is 2.62 bits per heavy atom. The second-order valence-corrected chi connectivity index (χ2v) is 4.97. The molecule has 3 N–H and O–H groups in total. The highest BCUT2D eigenvalue weighted by molar-refractivity contribution is 7.99. The highest BCUT2D eigenvalue weighted by atomic mass is 32.2. The lowest BCUT2D eigenvalue weighted by Gasteiger charge is -2.13. The van der Waals surface area contributed by atoms with Crippen LogP contribution in [0.15, 0.2) is 24.3 Å². The van der Waals surface area contributed by atoms with Crippen LogP contribution in [0.4, 0.5) is 5.69 Å². The van der Waals surface area contributed by atoms with Crippen LogP contribution in [-0.4, -0.2) is 23.5 Å². The largest absolute Gasteiger partial charge is 0.399 e. The summed E-state index contributed by atoms with van der Waals surface area (Å²) in [5, 5.41) is 2.95. The standard InChI is InChI=1S/C12H18N2OS/c1-3-16-8-9(2)14-12(15)10-4-6-11(13)7-5-10/h4-7,9H,3,8,13H2,1-2H3,(H,14,15). The molecule has 0 fully saturated rings. The van der Waals surface area contributed by atoms with Crippen molar-refractivity contribution in [1.29, 1.82) is 0 Å². The molecule has 1 aromatic carbocycles. The molecule has 88 valence electrons. The van der Waals surface area contributed by atoms with Crippen molar-refractivity contribution in [2.45, 2.75) is 19.9 Å². The fourth-order valence-corrected chi connectivity index (χ4v) is 1.95. The number of nitrogens with two attached hydrogens (primary N) is 1. The molecule has 0 heterocycles. The van der Waals surface area contributed by atoms with E-state index < -0.39 is 0 Å². The first kappa shape index (κ1) is 12.9. The minimum absolute atomic E-state index is 0.0378. The van der Waals surface area contributed by atoms with Crippen LogP contribution >= 0.6 is 11.8 Å². The Bertz CT molecular complexity index is 337. The molecule has 0 radical (unpaired) electrons. The number of rotatable bonds is 5. The molecule has 0 aliphatic heterocycles. The lowest BCUT2D eigenvalue weighted by Crippen LogP contribution is -2.34. The quantitative estimate of drug-likeness (QED) is 0.773. The van der Waals surface area contributed by atoms with E-state index in [1.54, 1.807) is 24.3 Å². The summed E-state index contributed by atoms with van der Waals surface area (Å²) >= 11 is 1.82. The van der Waals surface area contributed by atoms with Gasteiger partial charge in [0.1, 0.15) is 0 Å². The van der Waals surface area contributed by atoms with E-state index in [4.69, 9.17) is 5.73 Å². The molecule has 1 rings (SSSR count). The summed E-state index contributed by atoms with van der Waals surface area (Å²) in [7, 11) is 0. The first-order chi connectivity index (χ1) is 7.63. The molecule has 0 spiro atoms. The highest BCUT2D eigenvalue weighted by Gasteiger charge is 2.08. The molecule has 4 heteroatoms. The maximum absolute atomic E-state index is 11.8. The Morgan fingerprint density at radius 2 is 2.06 bits per heavy atom. The van der Waals surface area contributed by atoms with Gasteiger partial charge in [0.25, 0.3) is 5.91 Å². The van der Waals surface area contributed by atoms with Crippen LogP contribution in [0.25, 0.3) is 0 Å². The van der Waals surface area contributed by atoms with Gasteiger partial charge < -0.3 is 11.1 Å². The third-order valence-corrected chi connectivity index (χ3v) is 3.27. The van der Waals surface area contributed by atoms with Gasteiger partial charge >= 0.3 is 0 Å². The van der Waals surface area contributed by atoms with Crippen molar-refractivity contribution in [1.82, 2.24) is 5.32 Å². The SMILES string of the molecule is CCSCC(C)NC(=O)c1ccc(N)cc1. The van der Waals surface area contributed by atoms with Crippen LogP contribution in [0.2, 0.25) is 0 Å². The fourth-order valence-electron chi connectivity index (χ4n) is 1.28. The Morgan fingerprint density at radius 1 is 1.44 bits per heavy atom. The average Bonchev–Trinajstić information content (AvgIpc) is 2.27. The van der Waals surface area contributed by atoms with Crippen LogP contribution in [0, 0.1) is 0 Å². The average molecular weight is 238 g/mol. The monoisotopic (exact) mass is 238 g/mol. The van der Waals surface area contributed by atoms with Crippen molar-refractivity contribution < 1.29 is 4.79 Å². The number of amides is 1. The molecule has 3 nitrogen and oxygen atoms in total. The van der Waals surface area contributed by atoms with E-state index in [9.17, 15) is 4.79 Å². The van der Waals surface area contributed by atoms with Crippen molar-refractivity contribution >= 4 is 23.4 Å². The van der Waals surface area contributed by atoms with Crippen molar-refractivity contribution in [2.75, 3.05) is 17.2 Å².